The van der Waals surface area contributed by atoms with E-state index in [1.54, 1.807) is 37.3 Å². The van der Waals surface area contributed by atoms with E-state index in [1.807, 2.05) is 0 Å². The smallest absolute Gasteiger partial charge is 0.315 e. The van der Waals surface area contributed by atoms with Crippen molar-refractivity contribution in [3.05, 3.63) is 69.5 Å². The SMILES string of the molecule is Cc1ccc(CNC(=O)NCCNc2ccccc2[N+](=O)[O-])cc1F. The molecule has 0 aliphatic carbocycles. The largest absolute Gasteiger partial charge is 0.378 e. The van der Waals surface area contributed by atoms with E-state index in [0.29, 0.717) is 23.4 Å². The van der Waals surface area contributed by atoms with Crippen LogP contribution in [0.1, 0.15) is 11.1 Å². The standard InChI is InChI=1S/C17H19FN4O3/c1-12-6-7-13(10-14(12)18)11-21-17(23)20-9-8-19-15-4-2-3-5-16(15)22(24)25/h2-7,10,19H,8-9,11H2,1H3,(H2,20,21,23). The Morgan fingerprint density at radius 3 is 2.64 bits per heavy atom. The Balaban J connectivity index is 1.72. The number of nitrogens with one attached hydrogen (secondary N) is 3. The molecule has 0 saturated heterocycles. The summed E-state index contributed by atoms with van der Waals surface area (Å²) in [5, 5.41) is 19.0. The van der Waals surface area contributed by atoms with Crippen LogP contribution in [0.4, 0.5) is 20.6 Å². The molecular formula is C17H19FN4O3. The lowest BCUT2D eigenvalue weighted by Gasteiger charge is -2.10. The van der Waals surface area contributed by atoms with Gasteiger partial charge in [-0.2, -0.15) is 0 Å². The highest BCUT2D eigenvalue weighted by molar-refractivity contribution is 5.73. The van der Waals surface area contributed by atoms with Gasteiger partial charge in [0.05, 0.1) is 4.92 Å². The Hall–Kier alpha value is -3.16. The first kappa shape index (κ1) is 18.2. The number of hydrogen-bond donors (Lipinski definition) is 3. The zero-order chi connectivity index (χ0) is 18.2. The zero-order valence-electron chi connectivity index (χ0n) is 13.7. The number of amides is 2. The lowest BCUT2D eigenvalue weighted by molar-refractivity contribution is -0.384. The number of halogens is 1. The maximum atomic E-state index is 13.4. The van der Waals surface area contributed by atoms with Gasteiger partial charge in [-0.25, -0.2) is 9.18 Å². The quantitative estimate of drug-likeness (QED) is 0.408. The fraction of sp³-hybridized carbons (Fsp3) is 0.235. The van der Waals surface area contributed by atoms with E-state index < -0.39 is 11.0 Å². The topological polar surface area (TPSA) is 96.3 Å². The molecule has 0 spiro atoms. The van der Waals surface area contributed by atoms with Crippen LogP contribution in [0, 0.1) is 22.9 Å². The van der Waals surface area contributed by atoms with Crippen molar-refractivity contribution in [2.75, 3.05) is 18.4 Å². The zero-order valence-corrected chi connectivity index (χ0v) is 13.7. The molecule has 0 aliphatic rings. The Labute approximate surface area is 144 Å². The average Bonchev–Trinajstić information content (AvgIpc) is 2.60. The highest BCUT2D eigenvalue weighted by Crippen LogP contribution is 2.22. The third kappa shape index (κ3) is 5.45. The van der Waals surface area contributed by atoms with Crippen molar-refractivity contribution in [2.45, 2.75) is 13.5 Å². The maximum absolute atomic E-state index is 13.4. The van der Waals surface area contributed by atoms with Crippen LogP contribution in [0.5, 0.6) is 0 Å². The number of nitrogens with zero attached hydrogens (tertiary/aromatic N) is 1. The lowest BCUT2D eigenvalue weighted by atomic mass is 10.1. The summed E-state index contributed by atoms with van der Waals surface area (Å²) >= 11 is 0. The van der Waals surface area contributed by atoms with Crippen LogP contribution in [-0.2, 0) is 6.54 Å². The first-order chi connectivity index (χ1) is 12.0. The molecule has 8 heteroatoms. The van der Waals surface area contributed by atoms with Gasteiger partial charge in [0.25, 0.3) is 5.69 Å². The van der Waals surface area contributed by atoms with Crippen LogP contribution in [0.3, 0.4) is 0 Å². The van der Waals surface area contributed by atoms with Crippen molar-refractivity contribution in [2.24, 2.45) is 0 Å². The highest BCUT2D eigenvalue weighted by Gasteiger charge is 2.11. The molecule has 2 rings (SSSR count). The second-order valence-electron chi connectivity index (χ2n) is 5.39. The molecule has 0 bridgehead atoms. The van der Waals surface area contributed by atoms with Crippen LogP contribution >= 0.6 is 0 Å². The summed E-state index contributed by atoms with van der Waals surface area (Å²) in [6, 6.07) is 10.7. The van der Waals surface area contributed by atoms with Crippen LogP contribution < -0.4 is 16.0 Å². The molecule has 25 heavy (non-hydrogen) atoms. The number of nitro groups is 1. The minimum Gasteiger partial charge on any atom is -0.378 e. The Kier molecular flexibility index (Phi) is 6.27. The lowest BCUT2D eigenvalue weighted by Crippen LogP contribution is -2.37. The van der Waals surface area contributed by atoms with Crippen LogP contribution in [-0.4, -0.2) is 24.0 Å². The van der Waals surface area contributed by atoms with Gasteiger partial charge in [-0.1, -0.05) is 24.3 Å². The monoisotopic (exact) mass is 346 g/mol. The Morgan fingerprint density at radius 2 is 1.92 bits per heavy atom. The van der Waals surface area contributed by atoms with Crippen LogP contribution in [0.2, 0.25) is 0 Å². The minimum atomic E-state index is -0.469. The van der Waals surface area contributed by atoms with Crippen molar-refractivity contribution in [3.63, 3.8) is 0 Å². The predicted octanol–water partition coefficient (Wildman–Crippen LogP) is 2.95. The second-order valence-corrected chi connectivity index (χ2v) is 5.39. The molecule has 0 fully saturated rings. The van der Waals surface area contributed by atoms with Crippen molar-refractivity contribution >= 4 is 17.4 Å². The van der Waals surface area contributed by atoms with Gasteiger partial charge in [-0.15, -0.1) is 0 Å². The van der Waals surface area contributed by atoms with Crippen molar-refractivity contribution in [1.82, 2.24) is 10.6 Å². The molecule has 0 heterocycles. The molecule has 7 nitrogen and oxygen atoms in total. The Morgan fingerprint density at radius 1 is 1.16 bits per heavy atom. The predicted molar refractivity (Wildman–Crippen MR) is 93.0 cm³/mol. The molecule has 0 aromatic heterocycles. The van der Waals surface area contributed by atoms with E-state index >= 15 is 0 Å². The van der Waals surface area contributed by atoms with Gasteiger partial charge < -0.3 is 16.0 Å². The number of aryl methyl sites for hydroxylation is 1. The molecule has 2 aromatic carbocycles. The molecule has 0 radical (unpaired) electrons. The van der Waals surface area contributed by atoms with Crippen molar-refractivity contribution in [3.8, 4) is 0 Å². The molecule has 2 amide bonds. The number of carbonyl (C=O) groups is 1. The van der Waals surface area contributed by atoms with E-state index in [0.717, 1.165) is 0 Å². The number of benzene rings is 2. The van der Waals surface area contributed by atoms with E-state index in [2.05, 4.69) is 16.0 Å². The first-order valence-corrected chi connectivity index (χ1v) is 7.71. The van der Waals surface area contributed by atoms with E-state index in [-0.39, 0.29) is 24.6 Å². The Bertz CT molecular complexity index is 767. The fourth-order valence-corrected chi connectivity index (χ4v) is 2.15. The molecule has 2 aromatic rings. The van der Waals surface area contributed by atoms with E-state index in [9.17, 15) is 19.3 Å². The molecule has 3 N–H and O–H groups in total. The van der Waals surface area contributed by atoms with Gasteiger partial charge >= 0.3 is 6.03 Å². The number of rotatable bonds is 7. The average molecular weight is 346 g/mol. The summed E-state index contributed by atoms with van der Waals surface area (Å²) in [6.45, 7) is 2.49. The van der Waals surface area contributed by atoms with Gasteiger partial charge in [-0.3, -0.25) is 10.1 Å². The molecule has 0 saturated carbocycles. The van der Waals surface area contributed by atoms with Crippen molar-refractivity contribution < 1.29 is 14.1 Å². The number of nitro benzene ring substituents is 1. The molecule has 132 valence electrons. The summed E-state index contributed by atoms with van der Waals surface area (Å²) in [4.78, 5) is 22.1. The number of urea groups is 1. The van der Waals surface area contributed by atoms with Crippen LogP contribution in [0.15, 0.2) is 42.5 Å². The number of carbonyl (C=O) groups excluding carboxylic acids is 1. The third-order valence-corrected chi connectivity index (χ3v) is 3.52. The third-order valence-electron chi connectivity index (χ3n) is 3.52. The van der Waals surface area contributed by atoms with Gasteiger partial charge in [0, 0.05) is 25.7 Å². The summed E-state index contributed by atoms with van der Waals surface area (Å²) in [7, 11) is 0. The molecule has 0 aliphatic heterocycles. The number of anilines is 1. The van der Waals surface area contributed by atoms with Gasteiger partial charge in [0.2, 0.25) is 0 Å². The number of hydrogen-bond acceptors (Lipinski definition) is 4. The number of para-hydroxylation sites is 2. The highest BCUT2D eigenvalue weighted by atomic mass is 19.1. The van der Waals surface area contributed by atoms with Crippen molar-refractivity contribution in [1.29, 1.82) is 0 Å². The fourth-order valence-electron chi connectivity index (χ4n) is 2.15. The van der Waals surface area contributed by atoms with Crippen LogP contribution in [0.25, 0.3) is 0 Å². The normalized spacial score (nSPS) is 10.2. The first-order valence-electron chi connectivity index (χ1n) is 7.71. The molecule has 0 unspecified atom stereocenters. The molecule has 0 atom stereocenters. The van der Waals surface area contributed by atoms with Gasteiger partial charge in [0.1, 0.15) is 11.5 Å². The maximum Gasteiger partial charge on any atom is 0.315 e. The van der Waals surface area contributed by atoms with E-state index in [4.69, 9.17) is 0 Å². The minimum absolute atomic E-state index is 0.0200. The van der Waals surface area contributed by atoms with Gasteiger partial charge in [0.15, 0.2) is 0 Å². The van der Waals surface area contributed by atoms with E-state index in [1.165, 1.54) is 12.1 Å². The summed E-state index contributed by atoms with van der Waals surface area (Å²) < 4.78 is 13.4. The summed E-state index contributed by atoms with van der Waals surface area (Å²) in [5.41, 5.74) is 1.59. The second kappa shape index (κ2) is 8.62. The molecular weight excluding hydrogens is 327 g/mol. The summed E-state index contributed by atoms with van der Waals surface area (Å²) in [6.07, 6.45) is 0. The van der Waals surface area contributed by atoms with Gasteiger partial charge in [-0.05, 0) is 30.2 Å². The summed E-state index contributed by atoms with van der Waals surface area (Å²) in [5.74, 6) is -0.312.